The highest BCUT2D eigenvalue weighted by atomic mass is 15.4. The van der Waals surface area contributed by atoms with E-state index in [-0.39, 0.29) is 0 Å². The summed E-state index contributed by atoms with van der Waals surface area (Å²) in [5.74, 6) is 0. The van der Waals surface area contributed by atoms with E-state index in [9.17, 15) is 0 Å². The second-order valence-electron chi connectivity index (χ2n) is 12.1. The molecule has 2 heterocycles. The summed E-state index contributed by atoms with van der Waals surface area (Å²) in [5, 5.41) is 11.2. The van der Waals surface area contributed by atoms with E-state index in [0.717, 1.165) is 67.6 Å². The van der Waals surface area contributed by atoms with E-state index in [1.54, 1.807) is 0 Å². The van der Waals surface area contributed by atoms with E-state index in [1.807, 2.05) is 36.4 Å². The van der Waals surface area contributed by atoms with Crippen LogP contribution in [-0.2, 0) is 0 Å². The fourth-order valence-corrected chi connectivity index (χ4v) is 6.33. The Morgan fingerprint density at radius 1 is 0.333 bits per heavy atom. The molecule has 0 radical (unpaired) electrons. The van der Waals surface area contributed by atoms with Crippen LogP contribution < -0.4 is 4.68 Å². The van der Waals surface area contributed by atoms with Crippen LogP contribution in [0.4, 0.5) is 0 Å². The second kappa shape index (κ2) is 14.7. The van der Waals surface area contributed by atoms with Gasteiger partial charge in [0, 0.05) is 50.6 Å². The Labute approximate surface area is 298 Å². The zero-order chi connectivity index (χ0) is 34.2. The molecule has 0 amide bonds. The zero-order valence-corrected chi connectivity index (χ0v) is 28.0. The maximum absolute atomic E-state index is 5.63. The largest absolute Gasteiger partial charge is 0.245 e. The predicted molar refractivity (Wildman–Crippen MR) is 210 cm³/mol. The Morgan fingerprint density at radius 3 is 1.10 bits per heavy atom. The summed E-state index contributed by atoms with van der Waals surface area (Å²) in [5.41, 5.74) is 11.5. The van der Waals surface area contributed by atoms with E-state index in [4.69, 9.17) is 10.2 Å². The minimum absolute atomic E-state index is 0.735. The number of benzene rings is 6. The lowest BCUT2D eigenvalue weighted by Gasteiger charge is -2.14. The topological polar surface area (TPSA) is 33.5 Å². The molecule has 51 heavy (non-hydrogen) atoms. The molecule has 8 rings (SSSR count). The number of hydrogen-bond acceptors (Lipinski definition) is 2. The Hall–Kier alpha value is -6.91. The van der Waals surface area contributed by atoms with Gasteiger partial charge in [0.05, 0.1) is 11.4 Å². The minimum atomic E-state index is 0.735. The van der Waals surface area contributed by atoms with Gasteiger partial charge in [-0.25, -0.2) is 4.68 Å². The van der Waals surface area contributed by atoms with Crippen molar-refractivity contribution < 1.29 is 4.68 Å². The smallest absolute Gasteiger partial charge is 0.232 e. The third-order valence-electron chi connectivity index (χ3n) is 8.82. The van der Waals surface area contributed by atoms with Crippen molar-refractivity contribution in [2.75, 3.05) is 0 Å². The van der Waals surface area contributed by atoms with Crippen LogP contribution in [0.5, 0.6) is 0 Å². The van der Waals surface area contributed by atoms with Crippen molar-refractivity contribution in [1.29, 1.82) is 0 Å². The summed E-state index contributed by atoms with van der Waals surface area (Å²) in [7, 11) is 0. The van der Waals surface area contributed by atoms with E-state index in [1.165, 1.54) is 0 Å². The van der Waals surface area contributed by atoms with Crippen molar-refractivity contribution in [1.82, 2.24) is 4.68 Å². The van der Waals surface area contributed by atoms with Gasteiger partial charge < -0.3 is 0 Å². The molecule has 0 aliphatic heterocycles. The maximum atomic E-state index is 5.63. The summed E-state index contributed by atoms with van der Waals surface area (Å²) in [4.78, 5) is 0. The van der Waals surface area contributed by atoms with E-state index >= 15 is 0 Å². The fraction of sp³-hybridized carbons (Fsp3) is 0. The summed E-state index contributed by atoms with van der Waals surface area (Å²) in [6.45, 7) is 0. The molecule has 0 spiro atoms. The second-order valence-corrected chi connectivity index (χ2v) is 12.1. The fourth-order valence-electron chi connectivity index (χ4n) is 6.33. The molecular formula is C47H35N4+. The van der Waals surface area contributed by atoms with E-state index in [0.29, 0.717) is 0 Å². The van der Waals surface area contributed by atoms with Gasteiger partial charge in [0.25, 0.3) is 0 Å². The van der Waals surface area contributed by atoms with Gasteiger partial charge in [-0.15, -0.1) is 0 Å². The number of aromatic nitrogens is 2. The summed E-state index contributed by atoms with van der Waals surface area (Å²) in [6.07, 6.45) is 0. The summed E-state index contributed by atoms with van der Waals surface area (Å²) < 4.78 is 4.13. The molecule has 0 atom stereocenters. The van der Waals surface area contributed by atoms with Crippen LogP contribution in [0, 0.1) is 0 Å². The van der Waals surface area contributed by atoms with Crippen molar-refractivity contribution in [3.05, 3.63) is 223 Å². The molecular weight excluding hydrogens is 621 g/mol. The molecule has 0 N–H and O–H groups in total. The van der Waals surface area contributed by atoms with Gasteiger partial charge in [-0.2, -0.15) is 5.10 Å². The first-order valence-electron chi connectivity index (χ1n) is 17.1. The third kappa shape index (κ3) is 6.71. The first-order chi connectivity index (χ1) is 25.3. The lowest BCUT2D eigenvalue weighted by Crippen LogP contribution is -2.37. The molecule has 0 aliphatic rings. The highest BCUT2D eigenvalue weighted by Gasteiger charge is 2.26. The van der Waals surface area contributed by atoms with Crippen molar-refractivity contribution in [3.8, 4) is 45.0 Å². The molecule has 4 nitrogen and oxygen atoms in total. The first-order valence-corrected chi connectivity index (χ1v) is 17.1. The van der Waals surface area contributed by atoms with Crippen LogP contribution >= 0.6 is 0 Å². The Balaban J connectivity index is 1.46. The Bertz CT molecular complexity index is 2300. The van der Waals surface area contributed by atoms with Crippen LogP contribution in [0.25, 0.3) is 45.0 Å². The Kier molecular flexibility index (Phi) is 9.03. The molecule has 242 valence electrons. The van der Waals surface area contributed by atoms with Crippen LogP contribution in [0.15, 0.2) is 223 Å². The molecule has 0 aliphatic carbocycles. The average Bonchev–Trinajstić information content (AvgIpc) is 3.64. The summed E-state index contributed by atoms with van der Waals surface area (Å²) >= 11 is 0. The summed E-state index contributed by atoms with van der Waals surface area (Å²) in [6, 6.07) is 73.1. The van der Waals surface area contributed by atoms with Crippen molar-refractivity contribution in [3.63, 3.8) is 0 Å². The van der Waals surface area contributed by atoms with E-state index < -0.39 is 0 Å². The quantitative estimate of drug-likeness (QED) is 0.110. The normalized spacial score (nSPS) is 11.8. The minimum Gasteiger partial charge on any atom is -0.232 e. The molecule has 0 unspecified atom stereocenters. The highest BCUT2D eigenvalue weighted by Crippen LogP contribution is 2.30. The molecule has 0 fully saturated rings. The van der Waals surface area contributed by atoms with Crippen molar-refractivity contribution in [2.24, 2.45) is 10.2 Å². The Morgan fingerprint density at radius 2 is 0.686 bits per heavy atom. The number of pyridine rings is 1. The van der Waals surface area contributed by atoms with Crippen LogP contribution in [0.2, 0.25) is 0 Å². The first kappa shape index (κ1) is 31.4. The maximum Gasteiger partial charge on any atom is 0.245 e. The van der Waals surface area contributed by atoms with Gasteiger partial charge in [0.15, 0.2) is 5.71 Å². The van der Waals surface area contributed by atoms with Crippen LogP contribution in [0.3, 0.4) is 0 Å². The SMILES string of the molecule is c1ccc(C(=N\n2c(-c3ccccc3)ccc2-c2ccccc2)/C(=N/[n+]2c(-c3ccccc3)cccc2-c2ccccc2)c2ccccc2)cc1. The average molecular weight is 656 g/mol. The lowest BCUT2D eigenvalue weighted by atomic mass is 10.00. The highest BCUT2D eigenvalue weighted by molar-refractivity contribution is 6.53. The lowest BCUT2D eigenvalue weighted by molar-refractivity contribution is -0.656. The van der Waals surface area contributed by atoms with Gasteiger partial charge in [0.2, 0.25) is 11.4 Å². The van der Waals surface area contributed by atoms with Crippen LogP contribution in [0.1, 0.15) is 11.1 Å². The molecule has 2 aromatic heterocycles. The van der Waals surface area contributed by atoms with Gasteiger partial charge in [-0.1, -0.05) is 158 Å². The standard InChI is InChI=1S/C47H35N4/c1-7-20-36(21-8-1)42-32-19-33-43(37-22-9-2-10-23-37)50(42)48-46(40-28-15-5-16-29-40)47(41-30-17-6-18-31-41)49-51-44(38-24-11-3-12-25-38)34-35-45(51)39-26-13-4-14-27-39/h1-35H/q+1/b48-46+,49-47+. The monoisotopic (exact) mass is 655 g/mol. The number of hydrogen-bond donors (Lipinski definition) is 0. The number of nitrogens with zero attached hydrogens (tertiary/aromatic N) is 4. The van der Waals surface area contributed by atoms with Crippen molar-refractivity contribution >= 4 is 11.4 Å². The van der Waals surface area contributed by atoms with Gasteiger partial charge >= 0.3 is 0 Å². The van der Waals surface area contributed by atoms with E-state index in [2.05, 4.69) is 185 Å². The van der Waals surface area contributed by atoms with Gasteiger partial charge in [-0.05, 0) is 47.1 Å². The molecule has 6 aromatic carbocycles. The number of rotatable bonds is 9. The molecule has 4 heteroatoms. The van der Waals surface area contributed by atoms with Crippen molar-refractivity contribution in [2.45, 2.75) is 0 Å². The predicted octanol–water partition coefficient (Wildman–Crippen LogP) is 10.6. The molecule has 0 bridgehead atoms. The van der Waals surface area contributed by atoms with Gasteiger partial charge in [0.1, 0.15) is 5.71 Å². The molecule has 0 saturated heterocycles. The van der Waals surface area contributed by atoms with Crippen LogP contribution in [-0.4, -0.2) is 16.1 Å². The third-order valence-corrected chi connectivity index (χ3v) is 8.82. The van der Waals surface area contributed by atoms with Gasteiger partial charge in [-0.3, -0.25) is 0 Å². The molecule has 0 saturated carbocycles. The molecule has 8 aromatic rings. The zero-order valence-electron chi connectivity index (χ0n) is 28.0.